The first-order chi connectivity index (χ1) is 14.4. The summed E-state index contributed by atoms with van der Waals surface area (Å²) in [6, 6.07) is 14.0. The molecule has 0 spiro atoms. The van der Waals surface area contributed by atoms with Crippen molar-refractivity contribution in [2.45, 2.75) is 12.1 Å². The van der Waals surface area contributed by atoms with Gasteiger partial charge in [0.1, 0.15) is 11.4 Å². The van der Waals surface area contributed by atoms with Crippen LogP contribution in [-0.2, 0) is 16.9 Å². The number of aromatic hydroxyl groups is 1. The number of phenolic OH excluding ortho intramolecular Hbond substituents is 1. The second-order valence-electron chi connectivity index (χ2n) is 6.45. The molecule has 4 N–H and O–H groups in total. The van der Waals surface area contributed by atoms with Gasteiger partial charge in [-0.1, -0.05) is 23.7 Å². The Kier molecular flexibility index (Phi) is 6.61. The Morgan fingerprint density at radius 3 is 2.37 bits per heavy atom. The Bertz CT molecular complexity index is 1030. The van der Waals surface area contributed by atoms with Crippen LogP contribution in [0.5, 0.6) is 5.75 Å². The lowest BCUT2D eigenvalue weighted by Crippen LogP contribution is -2.61. The summed E-state index contributed by atoms with van der Waals surface area (Å²) in [4.78, 5) is 33.6. The molecule has 0 saturated heterocycles. The summed E-state index contributed by atoms with van der Waals surface area (Å²) < 4.78 is 0. The number of rotatable bonds is 7. The first-order valence-corrected chi connectivity index (χ1v) is 9.35. The predicted molar refractivity (Wildman–Crippen MR) is 110 cm³/mol. The fourth-order valence-electron chi connectivity index (χ4n) is 2.84. The zero-order chi connectivity index (χ0) is 21.6. The molecule has 3 aromatic rings. The van der Waals surface area contributed by atoms with E-state index < -0.39 is 24.1 Å². The summed E-state index contributed by atoms with van der Waals surface area (Å²) in [5, 5.41) is 25.8. The minimum Gasteiger partial charge on any atom is -0.508 e. The first kappa shape index (κ1) is 21.2. The number of halogens is 1. The van der Waals surface area contributed by atoms with Gasteiger partial charge in [0.2, 0.25) is 5.91 Å². The van der Waals surface area contributed by atoms with Gasteiger partial charge in [-0.05, 0) is 42.5 Å². The van der Waals surface area contributed by atoms with Gasteiger partial charge >= 0.3 is 0 Å². The number of nitrogens with zero attached hydrogens (tertiary/aromatic N) is 2. The molecular formula is C21H19ClN4O4. The van der Waals surface area contributed by atoms with E-state index in [1.807, 2.05) is 0 Å². The SMILES string of the molecule is O=C(Cc1cc(Cl)ccc1O)NC(CO)(NC(=O)c1ccccn1)c1ccccn1. The lowest BCUT2D eigenvalue weighted by Gasteiger charge is -2.33. The van der Waals surface area contributed by atoms with E-state index >= 15 is 0 Å². The number of carbonyl (C=O) groups excluding carboxylic acids is 2. The molecule has 0 saturated carbocycles. The summed E-state index contributed by atoms with van der Waals surface area (Å²) in [6.07, 6.45) is 2.69. The summed E-state index contributed by atoms with van der Waals surface area (Å²) in [5.74, 6) is -1.28. The van der Waals surface area contributed by atoms with Gasteiger partial charge in [0, 0.05) is 23.0 Å². The smallest absolute Gasteiger partial charge is 0.272 e. The van der Waals surface area contributed by atoms with Crippen LogP contribution in [-0.4, -0.2) is 38.6 Å². The topological polar surface area (TPSA) is 124 Å². The Hall–Kier alpha value is -3.49. The van der Waals surface area contributed by atoms with Crippen LogP contribution in [0.1, 0.15) is 21.7 Å². The normalized spacial score (nSPS) is 12.6. The molecule has 0 bridgehead atoms. The Morgan fingerprint density at radius 2 is 1.73 bits per heavy atom. The third-order valence-electron chi connectivity index (χ3n) is 4.31. The van der Waals surface area contributed by atoms with Crippen molar-refractivity contribution in [1.82, 2.24) is 20.6 Å². The van der Waals surface area contributed by atoms with E-state index in [1.54, 1.807) is 30.3 Å². The molecular weight excluding hydrogens is 408 g/mol. The Balaban J connectivity index is 1.90. The molecule has 2 heterocycles. The predicted octanol–water partition coefficient (Wildman–Crippen LogP) is 1.77. The van der Waals surface area contributed by atoms with E-state index in [4.69, 9.17) is 11.6 Å². The van der Waals surface area contributed by atoms with E-state index in [2.05, 4.69) is 20.6 Å². The maximum atomic E-state index is 12.8. The summed E-state index contributed by atoms with van der Waals surface area (Å²) in [7, 11) is 0. The van der Waals surface area contributed by atoms with Crippen molar-refractivity contribution in [3.63, 3.8) is 0 Å². The maximum Gasteiger partial charge on any atom is 0.272 e. The molecule has 30 heavy (non-hydrogen) atoms. The molecule has 0 fully saturated rings. The van der Waals surface area contributed by atoms with Crippen LogP contribution >= 0.6 is 11.6 Å². The molecule has 1 atom stereocenters. The van der Waals surface area contributed by atoms with Gasteiger partial charge in [0.05, 0.1) is 18.7 Å². The van der Waals surface area contributed by atoms with Crippen LogP contribution in [0.25, 0.3) is 0 Å². The molecule has 0 aliphatic carbocycles. The highest BCUT2D eigenvalue weighted by molar-refractivity contribution is 6.30. The van der Waals surface area contributed by atoms with Crippen LogP contribution in [0.15, 0.2) is 67.0 Å². The quantitative estimate of drug-likeness (QED) is 0.427. The number of hydrogen-bond acceptors (Lipinski definition) is 6. The van der Waals surface area contributed by atoms with Crippen LogP contribution in [0.2, 0.25) is 5.02 Å². The molecule has 1 aromatic carbocycles. The van der Waals surface area contributed by atoms with Crippen LogP contribution in [0.4, 0.5) is 0 Å². The summed E-state index contributed by atoms with van der Waals surface area (Å²) in [5.41, 5.74) is -1.08. The maximum absolute atomic E-state index is 12.8. The minimum atomic E-state index is -1.71. The summed E-state index contributed by atoms with van der Waals surface area (Å²) in [6.45, 7) is -0.671. The van der Waals surface area contributed by atoms with Crippen molar-refractivity contribution in [1.29, 1.82) is 0 Å². The molecule has 2 aromatic heterocycles. The fourth-order valence-corrected chi connectivity index (χ4v) is 3.04. The van der Waals surface area contributed by atoms with Gasteiger partial charge in [-0.2, -0.15) is 0 Å². The second-order valence-corrected chi connectivity index (χ2v) is 6.88. The van der Waals surface area contributed by atoms with E-state index in [9.17, 15) is 19.8 Å². The molecule has 9 heteroatoms. The standard InChI is InChI=1S/C21H19ClN4O4/c22-15-7-8-17(28)14(11-15)12-19(29)25-21(13-27,18-6-2-4-10-24-18)26-20(30)16-5-1-3-9-23-16/h1-11,27-28H,12-13H2,(H,25,29)(H,26,30). The van der Waals surface area contributed by atoms with Gasteiger partial charge in [-0.15, -0.1) is 0 Å². The number of amides is 2. The van der Waals surface area contributed by atoms with E-state index in [0.29, 0.717) is 10.6 Å². The van der Waals surface area contributed by atoms with Gasteiger partial charge in [0.25, 0.3) is 5.91 Å². The van der Waals surface area contributed by atoms with Crippen LogP contribution in [0.3, 0.4) is 0 Å². The molecule has 1 unspecified atom stereocenters. The third-order valence-corrected chi connectivity index (χ3v) is 4.54. The monoisotopic (exact) mass is 426 g/mol. The van der Waals surface area contributed by atoms with E-state index in [1.165, 1.54) is 36.7 Å². The molecule has 8 nitrogen and oxygen atoms in total. The lowest BCUT2D eigenvalue weighted by molar-refractivity contribution is -0.123. The fraction of sp³-hybridized carbons (Fsp3) is 0.143. The third kappa shape index (κ3) is 4.91. The largest absolute Gasteiger partial charge is 0.508 e. The van der Waals surface area contributed by atoms with Crippen LogP contribution in [0, 0.1) is 0 Å². The van der Waals surface area contributed by atoms with E-state index in [0.717, 1.165) is 0 Å². The van der Waals surface area contributed by atoms with Gasteiger partial charge in [0.15, 0.2) is 5.66 Å². The number of phenols is 1. The molecule has 0 aliphatic heterocycles. The van der Waals surface area contributed by atoms with Crippen molar-refractivity contribution < 1.29 is 19.8 Å². The minimum absolute atomic E-state index is 0.0977. The lowest BCUT2D eigenvalue weighted by atomic mass is 10.0. The number of aliphatic hydroxyl groups is 1. The number of pyridine rings is 2. The highest BCUT2D eigenvalue weighted by Crippen LogP contribution is 2.23. The molecule has 154 valence electrons. The zero-order valence-corrected chi connectivity index (χ0v) is 16.5. The van der Waals surface area contributed by atoms with E-state index in [-0.39, 0.29) is 23.6 Å². The van der Waals surface area contributed by atoms with Crippen LogP contribution < -0.4 is 10.6 Å². The number of aromatic nitrogens is 2. The van der Waals surface area contributed by atoms with Crippen molar-refractivity contribution in [3.05, 3.63) is 89.0 Å². The highest BCUT2D eigenvalue weighted by Gasteiger charge is 2.37. The average Bonchev–Trinajstić information content (AvgIpc) is 2.77. The van der Waals surface area contributed by atoms with Crippen molar-refractivity contribution >= 4 is 23.4 Å². The zero-order valence-electron chi connectivity index (χ0n) is 15.7. The van der Waals surface area contributed by atoms with Gasteiger partial charge in [-0.3, -0.25) is 19.6 Å². The Morgan fingerprint density at radius 1 is 1.00 bits per heavy atom. The second kappa shape index (κ2) is 9.34. The number of hydrogen-bond donors (Lipinski definition) is 4. The van der Waals surface area contributed by atoms with Crippen molar-refractivity contribution in [2.24, 2.45) is 0 Å². The molecule has 0 aliphatic rings. The molecule has 3 rings (SSSR count). The number of benzene rings is 1. The van der Waals surface area contributed by atoms with Crippen molar-refractivity contribution in [3.8, 4) is 5.75 Å². The average molecular weight is 427 g/mol. The number of carbonyl (C=O) groups is 2. The van der Waals surface area contributed by atoms with Gasteiger partial charge in [-0.25, -0.2) is 0 Å². The highest BCUT2D eigenvalue weighted by atomic mass is 35.5. The molecule has 0 radical (unpaired) electrons. The van der Waals surface area contributed by atoms with Crippen molar-refractivity contribution in [2.75, 3.05) is 6.61 Å². The molecule has 2 amide bonds. The number of nitrogens with one attached hydrogen (secondary N) is 2. The van der Waals surface area contributed by atoms with Gasteiger partial charge < -0.3 is 20.8 Å². The summed E-state index contributed by atoms with van der Waals surface area (Å²) >= 11 is 5.94. The number of aliphatic hydroxyl groups excluding tert-OH is 1. The Labute approximate surface area is 177 Å². The first-order valence-electron chi connectivity index (χ1n) is 8.98.